The summed E-state index contributed by atoms with van der Waals surface area (Å²) in [6.45, 7) is 5.60. The molecule has 0 bridgehead atoms. The Morgan fingerprint density at radius 3 is 1.88 bits per heavy atom. The first-order valence-electron chi connectivity index (χ1n) is 2.53. The van der Waals surface area contributed by atoms with Gasteiger partial charge in [-0.15, -0.1) is 0 Å². The molecule has 8 heavy (non-hydrogen) atoms. The number of hydrogen-bond acceptors (Lipinski definition) is 2. The van der Waals surface area contributed by atoms with Crippen molar-refractivity contribution in [1.82, 2.24) is 0 Å². The standard InChI is InChI=1S/C3H5NO2.C2H6/c1-2-3-4(5)6;1-2/h2-3H,1H3;1-2H3/b3-2-;. The molecule has 0 heterocycles. The maximum absolute atomic E-state index is 9.32. The minimum Gasteiger partial charge on any atom is -0.259 e. The van der Waals surface area contributed by atoms with E-state index in [4.69, 9.17) is 0 Å². The van der Waals surface area contributed by atoms with Crippen LogP contribution in [0.5, 0.6) is 0 Å². The second-order valence-corrected chi connectivity index (χ2v) is 0.768. The van der Waals surface area contributed by atoms with Gasteiger partial charge in [0.1, 0.15) is 0 Å². The molecule has 48 valence electrons. The summed E-state index contributed by atoms with van der Waals surface area (Å²) in [6.07, 6.45) is 2.26. The van der Waals surface area contributed by atoms with Gasteiger partial charge in [-0.05, 0) is 13.0 Å². The summed E-state index contributed by atoms with van der Waals surface area (Å²) in [7, 11) is 0. The van der Waals surface area contributed by atoms with E-state index in [1.54, 1.807) is 6.92 Å². The summed E-state index contributed by atoms with van der Waals surface area (Å²) in [4.78, 5) is 8.82. The van der Waals surface area contributed by atoms with E-state index >= 15 is 0 Å². The van der Waals surface area contributed by atoms with Crippen molar-refractivity contribution in [1.29, 1.82) is 0 Å². The van der Waals surface area contributed by atoms with Crippen LogP contribution in [0.4, 0.5) is 0 Å². The van der Waals surface area contributed by atoms with Crippen LogP contribution in [0.2, 0.25) is 0 Å². The fraction of sp³-hybridized carbons (Fsp3) is 0.600. The van der Waals surface area contributed by atoms with Gasteiger partial charge in [-0.25, -0.2) is 0 Å². The number of allylic oxidation sites excluding steroid dienone is 1. The first kappa shape index (κ1) is 10.2. The van der Waals surface area contributed by atoms with Crippen molar-refractivity contribution >= 4 is 0 Å². The van der Waals surface area contributed by atoms with Gasteiger partial charge in [0.15, 0.2) is 0 Å². The number of nitro groups is 1. The van der Waals surface area contributed by atoms with Crippen LogP contribution in [0.25, 0.3) is 0 Å². The van der Waals surface area contributed by atoms with Crippen LogP contribution >= 0.6 is 0 Å². The Kier molecular flexibility index (Phi) is 12.1. The molecule has 0 atom stereocenters. The van der Waals surface area contributed by atoms with Crippen LogP contribution in [-0.4, -0.2) is 4.92 Å². The van der Waals surface area contributed by atoms with Gasteiger partial charge in [-0.1, -0.05) is 13.8 Å². The van der Waals surface area contributed by atoms with E-state index in [-0.39, 0.29) is 0 Å². The second kappa shape index (κ2) is 9.46. The molecule has 0 aromatic rings. The molecule has 3 heteroatoms. The monoisotopic (exact) mass is 117 g/mol. The Morgan fingerprint density at radius 1 is 1.50 bits per heavy atom. The fourth-order valence-electron chi connectivity index (χ4n) is 0.122. The normalized spacial score (nSPS) is 7.88. The SMILES string of the molecule is C/C=C\[N+](=O)[O-].CC. The van der Waals surface area contributed by atoms with Crippen molar-refractivity contribution in [3.05, 3.63) is 22.4 Å². The lowest BCUT2D eigenvalue weighted by atomic mass is 10.7. The smallest absolute Gasteiger partial charge is 0.230 e. The summed E-state index contributed by atoms with van der Waals surface area (Å²) in [6, 6.07) is 0. The Morgan fingerprint density at radius 2 is 1.88 bits per heavy atom. The average Bonchev–Trinajstić information content (AvgIpc) is 1.72. The highest BCUT2D eigenvalue weighted by molar-refractivity contribution is 4.62. The third kappa shape index (κ3) is 19.2. The van der Waals surface area contributed by atoms with Crippen LogP contribution in [0.15, 0.2) is 12.3 Å². The van der Waals surface area contributed by atoms with Gasteiger partial charge >= 0.3 is 0 Å². The Balaban J connectivity index is 0. The molecule has 0 aliphatic rings. The number of rotatable bonds is 1. The minimum absolute atomic E-state index is 0.500. The molecular weight excluding hydrogens is 106 g/mol. The van der Waals surface area contributed by atoms with Crippen LogP contribution in [0.1, 0.15) is 20.8 Å². The maximum Gasteiger partial charge on any atom is 0.230 e. The zero-order valence-corrected chi connectivity index (χ0v) is 5.42. The van der Waals surface area contributed by atoms with Crippen LogP contribution in [0, 0.1) is 10.1 Å². The molecule has 0 aromatic carbocycles. The van der Waals surface area contributed by atoms with E-state index < -0.39 is 4.92 Å². The van der Waals surface area contributed by atoms with E-state index in [0.717, 1.165) is 6.20 Å². The molecule has 0 rings (SSSR count). The van der Waals surface area contributed by atoms with E-state index in [1.807, 2.05) is 13.8 Å². The van der Waals surface area contributed by atoms with Gasteiger partial charge < -0.3 is 0 Å². The van der Waals surface area contributed by atoms with Crippen molar-refractivity contribution in [2.45, 2.75) is 20.8 Å². The molecule has 0 aliphatic carbocycles. The lowest BCUT2D eigenvalue weighted by Crippen LogP contribution is -1.79. The third-order valence-electron chi connectivity index (χ3n) is 0.271. The quantitative estimate of drug-likeness (QED) is 0.388. The largest absolute Gasteiger partial charge is 0.259 e. The van der Waals surface area contributed by atoms with Gasteiger partial charge in [0, 0.05) is 0 Å². The van der Waals surface area contributed by atoms with Gasteiger partial charge in [0.2, 0.25) is 6.20 Å². The van der Waals surface area contributed by atoms with Crippen LogP contribution in [-0.2, 0) is 0 Å². The Bertz CT molecular complexity index is 78.5. The van der Waals surface area contributed by atoms with Crippen molar-refractivity contribution in [3.63, 3.8) is 0 Å². The average molecular weight is 117 g/mol. The lowest BCUT2D eigenvalue weighted by molar-refractivity contribution is -0.402. The molecular formula is C5H11NO2. The second-order valence-electron chi connectivity index (χ2n) is 0.768. The minimum atomic E-state index is -0.500. The molecule has 3 nitrogen and oxygen atoms in total. The third-order valence-corrected chi connectivity index (χ3v) is 0.271. The summed E-state index contributed by atoms with van der Waals surface area (Å²) in [5, 5.41) is 9.32. The predicted octanol–water partition coefficient (Wildman–Crippen LogP) is 1.82. The predicted molar refractivity (Wildman–Crippen MR) is 33.2 cm³/mol. The van der Waals surface area contributed by atoms with Crippen molar-refractivity contribution in [3.8, 4) is 0 Å². The molecule has 0 unspecified atom stereocenters. The van der Waals surface area contributed by atoms with E-state index in [9.17, 15) is 10.1 Å². The van der Waals surface area contributed by atoms with Crippen molar-refractivity contribution in [2.24, 2.45) is 0 Å². The van der Waals surface area contributed by atoms with Crippen molar-refractivity contribution in [2.75, 3.05) is 0 Å². The topological polar surface area (TPSA) is 43.1 Å². The van der Waals surface area contributed by atoms with Gasteiger partial charge in [-0.2, -0.15) is 0 Å². The Hall–Kier alpha value is -0.860. The highest BCUT2D eigenvalue weighted by Gasteiger charge is 1.73. The molecule has 0 fully saturated rings. The first-order valence-corrected chi connectivity index (χ1v) is 2.53. The summed E-state index contributed by atoms with van der Waals surface area (Å²) >= 11 is 0. The zero-order chi connectivity index (χ0) is 6.99. The number of nitrogens with zero attached hydrogens (tertiary/aromatic N) is 1. The van der Waals surface area contributed by atoms with Gasteiger partial charge in [0.25, 0.3) is 0 Å². The van der Waals surface area contributed by atoms with E-state index in [0.29, 0.717) is 0 Å². The summed E-state index contributed by atoms with van der Waals surface area (Å²) < 4.78 is 0. The van der Waals surface area contributed by atoms with Gasteiger partial charge in [0.05, 0.1) is 4.92 Å². The highest BCUT2D eigenvalue weighted by Crippen LogP contribution is 1.67. The molecule has 0 aromatic heterocycles. The molecule has 0 N–H and O–H groups in total. The molecule has 0 aliphatic heterocycles. The Labute approximate surface area is 49.2 Å². The molecule has 0 spiro atoms. The van der Waals surface area contributed by atoms with E-state index in [1.165, 1.54) is 6.08 Å². The van der Waals surface area contributed by atoms with Gasteiger partial charge in [-0.3, -0.25) is 10.1 Å². The molecule has 0 saturated heterocycles. The van der Waals surface area contributed by atoms with Crippen molar-refractivity contribution < 1.29 is 4.92 Å². The lowest BCUT2D eigenvalue weighted by Gasteiger charge is -1.69. The molecule has 0 saturated carbocycles. The summed E-state index contributed by atoms with van der Waals surface area (Å²) in [5.41, 5.74) is 0. The summed E-state index contributed by atoms with van der Waals surface area (Å²) in [5.74, 6) is 0. The van der Waals surface area contributed by atoms with E-state index in [2.05, 4.69) is 0 Å². The molecule has 0 amide bonds. The first-order chi connectivity index (χ1) is 3.77. The van der Waals surface area contributed by atoms with Crippen LogP contribution in [0.3, 0.4) is 0 Å². The fourth-order valence-corrected chi connectivity index (χ4v) is 0.122. The maximum atomic E-state index is 9.32. The highest BCUT2D eigenvalue weighted by atomic mass is 16.6. The zero-order valence-electron chi connectivity index (χ0n) is 5.42. The molecule has 0 radical (unpaired) electrons. The number of hydrogen-bond donors (Lipinski definition) is 0. The van der Waals surface area contributed by atoms with Crippen LogP contribution < -0.4 is 0 Å².